The first-order valence-electron chi connectivity index (χ1n) is 6.88. The lowest BCUT2D eigenvalue weighted by atomic mass is 10.0. The van der Waals surface area contributed by atoms with Gasteiger partial charge in [-0.15, -0.1) is 0 Å². The fourth-order valence-electron chi connectivity index (χ4n) is 2.34. The molecule has 1 aromatic heterocycles. The standard InChI is InChI=1S/C16H15F3N2O3/c1-20-6-4-5-12(20)15(22)21(2)14(16(23)24-3)9-7-10(17)13(19)11(18)8-9/h4-8,14H,1-3H3/t14-/m0/s1. The van der Waals surface area contributed by atoms with Crippen molar-refractivity contribution in [3.8, 4) is 0 Å². The molecule has 0 aliphatic carbocycles. The fraction of sp³-hybridized carbons (Fsp3) is 0.250. The fourth-order valence-corrected chi connectivity index (χ4v) is 2.34. The van der Waals surface area contributed by atoms with Crippen LogP contribution in [-0.4, -0.2) is 35.5 Å². The highest BCUT2D eigenvalue weighted by atomic mass is 19.2. The quantitative estimate of drug-likeness (QED) is 0.634. The molecule has 1 amide bonds. The molecular weight excluding hydrogens is 325 g/mol. The second-order valence-electron chi connectivity index (χ2n) is 5.14. The first kappa shape index (κ1) is 17.6. The number of aromatic nitrogens is 1. The number of carbonyl (C=O) groups is 2. The molecule has 8 heteroatoms. The van der Waals surface area contributed by atoms with E-state index in [0.29, 0.717) is 12.1 Å². The highest BCUT2D eigenvalue weighted by molar-refractivity contribution is 5.95. The van der Waals surface area contributed by atoms with E-state index < -0.39 is 35.4 Å². The number of carbonyl (C=O) groups excluding carboxylic acids is 2. The van der Waals surface area contributed by atoms with Gasteiger partial charge in [-0.1, -0.05) is 0 Å². The van der Waals surface area contributed by atoms with Crippen LogP contribution in [0.4, 0.5) is 13.2 Å². The SMILES string of the molecule is COC(=O)[C@H](c1cc(F)c(F)c(F)c1)N(C)C(=O)c1cccn1C. The number of halogens is 3. The second kappa shape index (κ2) is 6.77. The summed E-state index contributed by atoms with van der Waals surface area (Å²) in [4.78, 5) is 25.6. The summed E-state index contributed by atoms with van der Waals surface area (Å²) in [5, 5.41) is 0. The number of amides is 1. The van der Waals surface area contributed by atoms with Gasteiger partial charge in [-0.2, -0.15) is 0 Å². The van der Waals surface area contributed by atoms with Crippen molar-refractivity contribution in [2.24, 2.45) is 7.05 Å². The molecule has 0 N–H and O–H groups in total. The Balaban J connectivity index is 2.48. The topological polar surface area (TPSA) is 51.5 Å². The molecule has 2 rings (SSSR count). The lowest BCUT2D eigenvalue weighted by Crippen LogP contribution is -2.37. The molecule has 0 unspecified atom stereocenters. The third kappa shape index (κ3) is 3.12. The maximum atomic E-state index is 13.5. The Hall–Kier alpha value is -2.77. The molecule has 128 valence electrons. The minimum Gasteiger partial charge on any atom is -0.467 e. The number of aryl methyl sites for hydroxylation is 1. The maximum Gasteiger partial charge on any atom is 0.333 e. The Morgan fingerprint density at radius 1 is 1.21 bits per heavy atom. The zero-order valence-corrected chi connectivity index (χ0v) is 13.2. The van der Waals surface area contributed by atoms with Crippen LogP contribution >= 0.6 is 0 Å². The predicted octanol–water partition coefficient (Wildman–Crippen LogP) is 2.43. The molecule has 1 heterocycles. The minimum atomic E-state index is -1.65. The Morgan fingerprint density at radius 3 is 2.25 bits per heavy atom. The number of rotatable bonds is 4. The van der Waals surface area contributed by atoms with Crippen LogP contribution < -0.4 is 0 Å². The summed E-state index contributed by atoms with van der Waals surface area (Å²) in [7, 11) is 3.99. The molecule has 0 fully saturated rings. The highest BCUT2D eigenvalue weighted by Gasteiger charge is 2.32. The average Bonchev–Trinajstić information content (AvgIpc) is 2.97. The summed E-state index contributed by atoms with van der Waals surface area (Å²) < 4.78 is 46.3. The first-order chi connectivity index (χ1) is 11.3. The van der Waals surface area contributed by atoms with Gasteiger partial charge in [0.2, 0.25) is 0 Å². The van der Waals surface area contributed by atoms with Gasteiger partial charge in [0, 0.05) is 20.3 Å². The first-order valence-corrected chi connectivity index (χ1v) is 6.88. The number of ether oxygens (including phenoxy) is 1. The molecule has 5 nitrogen and oxygen atoms in total. The van der Waals surface area contributed by atoms with Crippen LogP contribution in [0.25, 0.3) is 0 Å². The summed E-state index contributed by atoms with van der Waals surface area (Å²) in [6.45, 7) is 0. The molecule has 0 aliphatic rings. The van der Waals surface area contributed by atoms with E-state index in [4.69, 9.17) is 0 Å². The molecule has 2 aromatic rings. The monoisotopic (exact) mass is 340 g/mol. The molecule has 1 atom stereocenters. The number of hydrogen-bond acceptors (Lipinski definition) is 3. The Morgan fingerprint density at radius 2 is 1.79 bits per heavy atom. The van der Waals surface area contributed by atoms with Crippen LogP contribution in [0.1, 0.15) is 22.1 Å². The van der Waals surface area contributed by atoms with E-state index in [-0.39, 0.29) is 11.3 Å². The summed E-state index contributed by atoms with van der Waals surface area (Å²) >= 11 is 0. The molecular formula is C16H15F3N2O3. The van der Waals surface area contributed by atoms with E-state index in [1.807, 2.05) is 0 Å². The molecule has 0 saturated carbocycles. The Bertz CT molecular complexity index is 766. The van der Waals surface area contributed by atoms with Crippen molar-refractivity contribution in [3.05, 3.63) is 59.2 Å². The van der Waals surface area contributed by atoms with Crippen LogP contribution in [-0.2, 0) is 16.6 Å². The van der Waals surface area contributed by atoms with Crippen LogP contribution in [0.5, 0.6) is 0 Å². The van der Waals surface area contributed by atoms with Crippen LogP contribution in [0.15, 0.2) is 30.5 Å². The van der Waals surface area contributed by atoms with Gasteiger partial charge in [-0.25, -0.2) is 18.0 Å². The van der Waals surface area contributed by atoms with Crippen molar-refractivity contribution < 1.29 is 27.5 Å². The molecule has 0 saturated heterocycles. The third-order valence-corrected chi connectivity index (χ3v) is 3.62. The zero-order valence-electron chi connectivity index (χ0n) is 13.2. The Labute approximate surface area is 136 Å². The second-order valence-corrected chi connectivity index (χ2v) is 5.14. The van der Waals surface area contributed by atoms with Gasteiger partial charge in [-0.3, -0.25) is 4.79 Å². The van der Waals surface area contributed by atoms with E-state index in [0.717, 1.165) is 12.0 Å². The summed E-state index contributed by atoms with van der Waals surface area (Å²) in [5.74, 6) is -6.05. The van der Waals surface area contributed by atoms with Gasteiger partial charge in [0.1, 0.15) is 5.69 Å². The average molecular weight is 340 g/mol. The number of nitrogens with zero attached hydrogens (tertiary/aromatic N) is 2. The molecule has 1 aromatic carbocycles. The molecule has 24 heavy (non-hydrogen) atoms. The Kier molecular flexibility index (Phi) is 4.96. The smallest absolute Gasteiger partial charge is 0.333 e. The van der Waals surface area contributed by atoms with E-state index in [2.05, 4.69) is 4.74 Å². The van der Waals surface area contributed by atoms with Gasteiger partial charge in [-0.05, 0) is 29.8 Å². The van der Waals surface area contributed by atoms with Crippen molar-refractivity contribution in [1.29, 1.82) is 0 Å². The van der Waals surface area contributed by atoms with Crippen molar-refractivity contribution in [3.63, 3.8) is 0 Å². The lowest BCUT2D eigenvalue weighted by molar-refractivity contribution is -0.145. The summed E-state index contributed by atoms with van der Waals surface area (Å²) in [5.41, 5.74) is 0.0257. The van der Waals surface area contributed by atoms with Gasteiger partial charge in [0.15, 0.2) is 23.5 Å². The largest absolute Gasteiger partial charge is 0.467 e. The summed E-state index contributed by atoms with van der Waals surface area (Å²) in [6.07, 6.45) is 1.63. The predicted molar refractivity (Wildman–Crippen MR) is 78.6 cm³/mol. The minimum absolute atomic E-state index is 0.233. The van der Waals surface area contributed by atoms with E-state index in [1.54, 1.807) is 19.3 Å². The number of likely N-dealkylation sites (N-methyl/N-ethyl adjacent to an activating group) is 1. The van der Waals surface area contributed by atoms with Gasteiger partial charge < -0.3 is 14.2 Å². The third-order valence-electron chi connectivity index (χ3n) is 3.62. The number of benzene rings is 1. The number of methoxy groups -OCH3 is 1. The summed E-state index contributed by atoms with van der Waals surface area (Å²) in [6, 6.07) is 3.05. The molecule has 0 bridgehead atoms. The van der Waals surface area contributed by atoms with Crippen molar-refractivity contribution in [1.82, 2.24) is 9.47 Å². The van der Waals surface area contributed by atoms with E-state index in [1.165, 1.54) is 17.7 Å². The maximum absolute atomic E-state index is 13.5. The molecule has 0 aliphatic heterocycles. The van der Waals surface area contributed by atoms with Crippen molar-refractivity contribution in [2.75, 3.05) is 14.2 Å². The van der Waals surface area contributed by atoms with Crippen molar-refractivity contribution >= 4 is 11.9 Å². The number of esters is 1. The van der Waals surface area contributed by atoms with Gasteiger partial charge in [0.05, 0.1) is 7.11 Å². The van der Waals surface area contributed by atoms with Crippen molar-refractivity contribution in [2.45, 2.75) is 6.04 Å². The number of hydrogen-bond donors (Lipinski definition) is 0. The van der Waals surface area contributed by atoms with Gasteiger partial charge >= 0.3 is 5.97 Å². The zero-order chi connectivity index (χ0) is 18.0. The lowest BCUT2D eigenvalue weighted by Gasteiger charge is -2.26. The van der Waals surface area contributed by atoms with Crippen LogP contribution in [0.2, 0.25) is 0 Å². The molecule has 0 radical (unpaired) electrons. The van der Waals surface area contributed by atoms with E-state index >= 15 is 0 Å². The highest BCUT2D eigenvalue weighted by Crippen LogP contribution is 2.26. The van der Waals surface area contributed by atoms with E-state index in [9.17, 15) is 22.8 Å². The molecule has 0 spiro atoms. The van der Waals surface area contributed by atoms with Crippen LogP contribution in [0, 0.1) is 17.5 Å². The van der Waals surface area contributed by atoms with Gasteiger partial charge in [0.25, 0.3) is 5.91 Å². The normalized spacial score (nSPS) is 11.9. The van der Waals surface area contributed by atoms with Crippen LogP contribution in [0.3, 0.4) is 0 Å².